The zero-order valence-corrected chi connectivity index (χ0v) is 18.8. The highest BCUT2D eigenvalue weighted by Crippen LogP contribution is 2.22. The molecule has 1 amide bonds. The van der Waals surface area contributed by atoms with Crippen molar-refractivity contribution in [1.82, 2.24) is 19.8 Å². The molecule has 8 nitrogen and oxygen atoms in total. The standard InChI is InChI=1S/C25H28N4O4/c1-17-2-3-18(24(30)27-19-4-5-19)14-23(17)29-16-26-22-15-20(6-7-21(22)25(29)31)33-13-10-28-8-11-32-12-9-28/h2-3,6-7,14-16,19H,4-5,8-13H2,1H3,(H,27,30). The lowest BCUT2D eigenvalue weighted by atomic mass is 10.1. The molecule has 1 aromatic heterocycles. The van der Waals surface area contributed by atoms with Crippen molar-refractivity contribution in [2.75, 3.05) is 39.5 Å². The van der Waals surface area contributed by atoms with Crippen LogP contribution in [-0.4, -0.2) is 65.9 Å². The number of fused-ring (bicyclic) bond motifs is 1. The van der Waals surface area contributed by atoms with Gasteiger partial charge in [-0.1, -0.05) is 6.07 Å². The number of benzene rings is 2. The first-order chi connectivity index (χ1) is 16.1. The highest BCUT2D eigenvalue weighted by molar-refractivity contribution is 5.95. The number of aryl methyl sites for hydroxylation is 1. The van der Waals surface area contributed by atoms with Gasteiger partial charge in [0.2, 0.25) is 0 Å². The fourth-order valence-electron chi connectivity index (χ4n) is 3.99. The second-order valence-electron chi connectivity index (χ2n) is 8.65. The number of hydrogen-bond donors (Lipinski definition) is 1. The third-order valence-corrected chi connectivity index (χ3v) is 6.15. The highest BCUT2D eigenvalue weighted by atomic mass is 16.5. The Balaban J connectivity index is 1.35. The van der Waals surface area contributed by atoms with Crippen LogP contribution in [0.15, 0.2) is 47.5 Å². The first-order valence-electron chi connectivity index (χ1n) is 11.4. The van der Waals surface area contributed by atoms with Gasteiger partial charge in [0.15, 0.2) is 0 Å². The first kappa shape index (κ1) is 21.6. The summed E-state index contributed by atoms with van der Waals surface area (Å²) < 4.78 is 12.8. The Morgan fingerprint density at radius 2 is 2.00 bits per heavy atom. The lowest BCUT2D eigenvalue weighted by molar-refractivity contribution is 0.0322. The van der Waals surface area contributed by atoms with Crippen molar-refractivity contribution in [3.63, 3.8) is 0 Å². The van der Waals surface area contributed by atoms with E-state index in [4.69, 9.17) is 9.47 Å². The molecule has 33 heavy (non-hydrogen) atoms. The largest absolute Gasteiger partial charge is 0.492 e. The van der Waals surface area contributed by atoms with Gasteiger partial charge >= 0.3 is 0 Å². The van der Waals surface area contributed by atoms with Crippen LogP contribution in [-0.2, 0) is 4.74 Å². The first-order valence-corrected chi connectivity index (χ1v) is 11.4. The Kier molecular flexibility index (Phi) is 6.11. The smallest absolute Gasteiger partial charge is 0.265 e. The molecule has 0 spiro atoms. The van der Waals surface area contributed by atoms with Crippen molar-refractivity contribution in [3.8, 4) is 11.4 Å². The number of aromatic nitrogens is 2. The molecule has 1 saturated carbocycles. The van der Waals surface area contributed by atoms with E-state index in [1.165, 1.54) is 10.9 Å². The maximum absolute atomic E-state index is 13.2. The van der Waals surface area contributed by atoms with E-state index in [9.17, 15) is 9.59 Å². The molecule has 3 aromatic rings. The maximum atomic E-state index is 13.2. The van der Waals surface area contributed by atoms with E-state index in [2.05, 4.69) is 15.2 Å². The molecule has 1 N–H and O–H groups in total. The molecule has 1 saturated heterocycles. The van der Waals surface area contributed by atoms with Gasteiger partial charge in [-0.25, -0.2) is 4.98 Å². The van der Waals surface area contributed by atoms with E-state index in [-0.39, 0.29) is 17.5 Å². The molecule has 1 aliphatic carbocycles. The molecule has 0 radical (unpaired) electrons. The number of hydrogen-bond acceptors (Lipinski definition) is 6. The van der Waals surface area contributed by atoms with Crippen LogP contribution in [0.4, 0.5) is 0 Å². The summed E-state index contributed by atoms with van der Waals surface area (Å²) in [5.74, 6) is 0.578. The lowest BCUT2D eigenvalue weighted by Gasteiger charge is -2.26. The fraction of sp³-hybridized carbons (Fsp3) is 0.400. The Hall–Kier alpha value is -3.23. The molecule has 8 heteroatoms. The summed E-state index contributed by atoms with van der Waals surface area (Å²) in [5.41, 5.74) is 2.50. The van der Waals surface area contributed by atoms with Crippen LogP contribution in [0, 0.1) is 6.92 Å². The number of nitrogens with zero attached hydrogens (tertiary/aromatic N) is 3. The van der Waals surface area contributed by atoms with Crippen LogP contribution in [0.2, 0.25) is 0 Å². The van der Waals surface area contributed by atoms with E-state index in [0.717, 1.165) is 51.3 Å². The molecule has 2 aliphatic rings. The summed E-state index contributed by atoms with van der Waals surface area (Å²) in [6.07, 6.45) is 3.57. The topological polar surface area (TPSA) is 85.7 Å². The van der Waals surface area contributed by atoms with E-state index in [1.807, 2.05) is 13.0 Å². The Morgan fingerprint density at radius 3 is 2.79 bits per heavy atom. The van der Waals surface area contributed by atoms with Crippen molar-refractivity contribution in [3.05, 3.63) is 64.2 Å². The predicted molar refractivity (Wildman–Crippen MR) is 125 cm³/mol. The zero-order chi connectivity index (χ0) is 22.8. The van der Waals surface area contributed by atoms with Crippen molar-refractivity contribution in [1.29, 1.82) is 0 Å². The molecule has 0 atom stereocenters. The van der Waals surface area contributed by atoms with E-state index in [1.54, 1.807) is 30.3 Å². The molecule has 2 aromatic carbocycles. The van der Waals surface area contributed by atoms with Crippen LogP contribution in [0.3, 0.4) is 0 Å². The Bertz CT molecular complexity index is 1230. The number of morpholine rings is 1. The van der Waals surface area contributed by atoms with E-state index < -0.39 is 0 Å². The van der Waals surface area contributed by atoms with Crippen LogP contribution >= 0.6 is 0 Å². The van der Waals surface area contributed by atoms with Gasteiger partial charge in [0.25, 0.3) is 11.5 Å². The van der Waals surface area contributed by atoms with Gasteiger partial charge in [0.1, 0.15) is 18.7 Å². The summed E-state index contributed by atoms with van der Waals surface area (Å²) in [5, 5.41) is 3.50. The molecule has 0 bridgehead atoms. The molecule has 0 unspecified atom stereocenters. The molecule has 2 heterocycles. The number of nitrogens with one attached hydrogen (secondary N) is 1. The average molecular weight is 449 g/mol. The third kappa shape index (κ3) is 4.91. The van der Waals surface area contributed by atoms with Crippen molar-refractivity contribution < 1.29 is 14.3 Å². The normalized spacial score (nSPS) is 16.6. The monoisotopic (exact) mass is 448 g/mol. The number of amides is 1. The SMILES string of the molecule is Cc1ccc(C(=O)NC2CC2)cc1-n1cnc2cc(OCCN3CCOCC3)ccc2c1=O. The van der Waals surface area contributed by atoms with Gasteiger partial charge in [-0.05, 0) is 49.6 Å². The van der Waals surface area contributed by atoms with Gasteiger partial charge in [0.05, 0.1) is 29.8 Å². The fourth-order valence-corrected chi connectivity index (χ4v) is 3.99. The van der Waals surface area contributed by atoms with Crippen molar-refractivity contribution in [2.45, 2.75) is 25.8 Å². The van der Waals surface area contributed by atoms with Gasteiger partial charge in [-0.3, -0.25) is 19.1 Å². The molecule has 2 fully saturated rings. The Morgan fingerprint density at radius 1 is 1.18 bits per heavy atom. The van der Waals surface area contributed by atoms with E-state index in [0.29, 0.717) is 34.5 Å². The minimum atomic E-state index is -0.178. The minimum absolute atomic E-state index is 0.112. The average Bonchev–Trinajstić information content (AvgIpc) is 3.65. The van der Waals surface area contributed by atoms with Crippen LogP contribution in [0.5, 0.6) is 5.75 Å². The number of carbonyl (C=O) groups excluding carboxylic acids is 1. The Labute approximate surface area is 192 Å². The van der Waals surface area contributed by atoms with Crippen molar-refractivity contribution >= 4 is 16.8 Å². The van der Waals surface area contributed by atoms with Crippen LogP contribution in [0.25, 0.3) is 16.6 Å². The van der Waals surface area contributed by atoms with Gasteiger partial charge < -0.3 is 14.8 Å². The summed E-state index contributed by atoms with van der Waals surface area (Å²) in [4.78, 5) is 32.5. The highest BCUT2D eigenvalue weighted by Gasteiger charge is 2.24. The van der Waals surface area contributed by atoms with E-state index >= 15 is 0 Å². The van der Waals surface area contributed by atoms with Gasteiger partial charge in [-0.2, -0.15) is 0 Å². The lowest BCUT2D eigenvalue weighted by Crippen LogP contribution is -2.38. The van der Waals surface area contributed by atoms with Gasteiger partial charge in [-0.15, -0.1) is 0 Å². The summed E-state index contributed by atoms with van der Waals surface area (Å²) in [6, 6.07) is 11.0. The number of ether oxygens (including phenoxy) is 2. The van der Waals surface area contributed by atoms with Crippen LogP contribution in [0.1, 0.15) is 28.8 Å². The quantitative estimate of drug-likeness (QED) is 0.597. The second-order valence-corrected chi connectivity index (χ2v) is 8.65. The van der Waals surface area contributed by atoms with Crippen molar-refractivity contribution in [2.24, 2.45) is 0 Å². The molecular weight excluding hydrogens is 420 g/mol. The summed E-state index contributed by atoms with van der Waals surface area (Å²) in [7, 11) is 0. The van der Waals surface area contributed by atoms with Gasteiger partial charge in [0, 0.05) is 37.3 Å². The van der Waals surface area contributed by atoms with Crippen LogP contribution < -0.4 is 15.6 Å². The number of rotatable bonds is 7. The third-order valence-electron chi connectivity index (χ3n) is 6.15. The zero-order valence-electron chi connectivity index (χ0n) is 18.8. The second kappa shape index (κ2) is 9.33. The molecular formula is C25H28N4O4. The maximum Gasteiger partial charge on any atom is 0.265 e. The minimum Gasteiger partial charge on any atom is -0.492 e. The predicted octanol–water partition coefficient (Wildman–Crippen LogP) is 2.30. The summed E-state index contributed by atoms with van der Waals surface area (Å²) in [6.45, 7) is 6.69. The molecule has 172 valence electrons. The number of carbonyl (C=O) groups is 1. The molecule has 5 rings (SSSR count). The summed E-state index contributed by atoms with van der Waals surface area (Å²) >= 11 is 0. The molecule has 1 aliphatic heterocycles.